The summed E-state index contributed by atoms with van der Waals surface area (Å²) < 4.78 is 26.1. The molecule has 1 aromatic carbocycles. The number of aliphatic hydroxyl groups excluding tert-OH is 1. The number of carbonyl (C=O) groups is 1. The van der Waals surface area contributed by atoms with Gasteiger partial charge in [-0.25, -0.2) is 8.42 Å². The summed E-state index contributed by atoms with van der Waals surface area (Å²) in [4.78, 5) is 13.7. The first-order valence-corrected chi connectivity index (χ1v) is 8.60. The van der Waals surface area contributed by atoms with Crippen LogP contribution >= 0.6 is 0 Å². The number of hydrogen-bond donors (Lipinski definition) is 1. The highest BCUT2D eigenvalue weighted by Gasteiger charge is 2.25. The average Bonchev–Trinajstić information content (AvgIpc) is 2.47. The zero-order valence-corrected chi connectivity index (χ0v) is 14.4. The standard InChI is InChI=1S/C15H24N2O4S/c1-5-17(8-9-18)15(19)11-16(4)22(20,21)14-7-6-12(2)13(3)10-14/h6-7,10,18H,5,8-9,11H2,1-4H3. The number of benzene rings is 1. The van der Waals surface area contributed by atoms with Crippen LogP contribution in [0.15, 0.2) is 23.1 Å². The Morgan fingerprint density at radius 2 is 1.86 bits per heavy atom. The first kappa shape index (κ1) is 18.6. The van der Waals surface area contributed by atoms with Crippen molar-refractivity contribution in [3.8, 4) is 0 Å². The van der Waals surface area contributed by atoms with Crippen molar-refractivity contribution in [2.24, 2.45) is 0 Å². The molecule has 0 unspecified atom stereocenters. The van der Waals surface area contributed by atoms with Crippen LogP contribution in [0.4, 0.5) is 0 Å². The van der Waals surface area contributed by atoms with Gasteiger partial charge in [-0.05, 0) is 44.0 Å². The SMILES string of the molecule is CCN(CCO)C(=O)CN(C)S(=O)(=O)c1ccc(C)c(C)c1. The highest BCUT2D eigenvalue weighted by molar-refractivity contribution is 7.89. The molecule has 0 heterocycles. The van der Waals surface area contributed by atoms with Crippen molar-refractivity contribution in [2.75, 3.05) is 33.3 Å². The summed E-state index contributed by atoms with van der Waals surface area (Å²) >= 11 is 0. The van der Waals surface area contributed by atoms with Gasteiger partial charge in [-0.3, -0.25) is 4.79 Å². The van der Waals surface area contributed by atoms with Crippen molar-refractivity contribution in [3.63, 3.8) is 0 Å². The first-order valence-electron chi connectivity index (χ1n) is 7.16. The monoisotopic (exact) mass is 328 g/mol. The Kier molecular flexibility index (Phi) is 6.52. The van der Waals surface area contributed by atoms with Gasteiger partial charge in [0, 0.05) is 20.1 Å². The average molecular weight is 328 g/mol. The molecule has 0 radical (unpaired) electrons. The zero-order chi connectivity index (χ0) is 16.9. The largest absolute Gasteiger partial charge is 0.395 e. The molecule has 0 aliphatic carbocycles. The van der Waals surface area contributed by atoms with Crippen molar-refractivity contribution >= 4 is 15.9 Å². The van der Waals surface area contributed by atoms with Gasteiger partial charge in [0.1, 0.15) is 0 Å². The van der Waals surface area contributed by atoms with E-state index in [2.05, 4.69) is 0 Å². The first-order chi connectivity index (χ1) is 10.2. The summed E-state index contributed by atoms with van der Waals surface area (Å²) in [5, 5.41) is 8.92. The summed E-state index contributed by atoms with van der Waals surface area (Å²) in [6.45, 7) is 5.78. The lowest BCUT2D eigenvalue weighted by Gasteiger charge is -2.23. The second-order valence-electron chi connectivity index (χ2n) is 5.20. The molecular weight excluding hydrogens is 304 g/mol. The van der Waals surface area contributed by atoms with Gasteiger partial charge in [0.2, 0.25) is 15.9 Å². The third-order valence-corrected chi connectivity index (χ3v) is 5.45. The van der Waals surface area contributed by atoms with E-state index in [0.717, 1.165) is 15.4 Å². The summed E-state index contributed by atoms with van der Waals surface area (Å²) in [5.74, 6) is -0.327. The predicted octanol–water partition coefficient (Wildman–Crippen LogP) is 0.765. The van der Waals surface area contributed by atoms with Gasteiger partial charge in [0.15, 0.2) is 0 Å². The van der Waals surface area contributed by atoms with Crippen molar-refractivity contribution in [2.45, 2.75) is 25.7 Å². The fourth-order valence-electron chi connectivity index (χ4n) is 2.01. The predicted molar refractivity (Wildman–Crippen MR) is 85.1 cm³/mol. The van der Waals surface area contributed by atoms with Crippen LogP contribution in [-0.4, -0.2) is 61.9 Å². The van der Waals surface area contributed by atoms with Crippen molar-refractivity contribution in [3.05, 3.63) is 29.3 Å². The number of amides is 1. The van der Waals surface area contributed by atoms with Crippen molar-refractivity contribution < 1.29 is 18.3 Å². The summed E-state index contributed by atoms with van der Waals surface area (Å²) in [7, 11) is -2.32. The van der Waals surface area contributed by atoms with Gasteiger partial charge in [-0.1, -0.05) is 6.07 Å². The van der Waals surface area contributed by atoms with E-state index in [1.54, 1.807) is 25.1 Å². The normalized spacial score (nSPS) is 11.7. The Hall–Kier alpha value is -1.44. The number of sulfonamides is 1. The number of aliphatic hydroxyl groups is 1. The maximum absolute atomic E-state index is 12.5. The lowest BCUT2D eigenvalue weighted by molar-refractivity contribution is -0.131. The van der Waals surface area contributed by atoms with E-state index in [1.807, 2.05) is 13.8 Å². The maximum Gasteiger partial charge on any atom is 0.243 e. The molecule has 1 amide bonds. The molecule has 7 heteroatoms. The minimum absolute atomic E-state index is 0.146. The Labute approximate surface area is 132 Å². The summed E-state index contributed by atoms with van der Waals surface area (Å²) in [6, 6.07) is 4.91. The lowest BCUT2D eigenvalue weighted by atomic mass is 10.1. The molecule has 0 fully saturated rings. The highest BCUT2D eigenvalue weighted by atomic mass is 32.2. The molecule has 124 valence electrons. The van der Waals surface area contributed by atoms with Crippen LogP contribution in [-0.2, 0) is 14.8 Å². The van der Waals surface area contributed by atoms with E-state index >= 15 is 0 Å². The maximum atomic E-state index is 12.5. The van der Waals surface area contributed by atoms with Crippen LogP contribution in [0, 0.1) is 13.8 Å². The van der Waals surface area contributed by atoms with Crippen LogP contribution in [0.25, 0.3) is 0 Å². The Balaban J connectivity index is 2.93. The number of hydrogen-bond acceptors (Lipinski definition) is 4. The highest BCUT2D eigenvalue weighted by Crippen LogP contribution is 2.18. The smallest absolute Gasteiger partial charge is 0.243 e. The number of rotatable bonds is 7. The molecule has 22 heavy (non-hydrogen) atoms. The van der Waals surface area contributed by atoms with Crippen LogP contribution in [0.5, 0.6) is 0 Å². The second-order valence-corrected chi connectivity index (χ2v) is 7.25. The molecule has 1 aromatic rings. The van der Waals surface area contributed by atoms with Crippen molar-refractivity contribution in [1.82, 2.24) is 9.21 Å². The molecule has 0 saturated carbocycles. The van der Waals surface area contributed by atoms with Gasteiger partial charge in [-0.15, -0.1) is 0 Å². The molecule has 0 atom stereocenters. The molecule has 0 spiro atoms. The molecular formula is C15H24N2O4S. The van der Waals surface area contributed by atoms with Gasteiger partial charge >= 0.3 is 0 Å². The molecule has 0 aliphatic rings. The van der Waals surface area contributed by atoms with E-state index in [9.17, 15) is 13.2 Å². The summed E-state index contributed by atoms with van der Waals surface area (Å²) in [6.07, 6.45) is 0. The quantitative estimate of drug-likeness (QED) is 0.802. The Morgan fingerprint density at radius 1 is 1.23 bits per heavy atom. The molecule has 0 saturated heterocycles. The fraction of sp³-hybridized carbons (Fsp3) is 0.533. The van der Waals surface area contributed by atoms with Gasteiger partial charge in [0.05, 0.1) is 18.0 Å². The van der Waals surface area contributed by atoms with E-state index in [0.29, 0.717) is 6.54 Å². The third-order valence-electron chi connectivity index (χ3n) is 3.65. The minimum Gasteiger partial charge on any atom is -0.395 e. The summed E-state index contributed by atoms with van der Waals surface area (Å²) in [5.41, 5.74) is 1.90. The fourth-order valence-corrected chi connectivity index (χ4v) is 3.22. The number of likely N-dealkylation sites (N-methyl/N-ethyl adjacent to an activating group) is 2. The molecule has 1 rings (SSSR count). The van der Waals surface area contributed by atoms with Gasteiger partial charge in [-0.2, -0.15) is 4.31 Å². The van der Waals surface area contributed by atoms with E-state index in [4.69, 9.17) is 5.11 Å². The third kappa shape index (κ3) is 4.28. The topological polar surface area (TPSA) is 77.9 Å². The molecule has 0 aromatic heterocycles. The van der Waals surface area contributed by atoms with Crippen LogP contribution < -0.4 is 0 Å². The zero-order valence-electron chi connectivity index (χ0n) is 13.5. The number of nitrogens with zero attached hydrogens (tertiary/aromatic N) is 2. The van der Waals surface area contributed by atoms with Crippen LogP contribution in [0.1, 0.15) is 18.1 Å². The second kappa shape index (κ2) is 7.71. The van der Waals surface area contributed by atoms with E-state index in [-0.39, 0.29) is 30.5 Å². The minimum atomic E-state index is -3.71. The molecule has 0 aliphatic heterocycles. The Bertz CT molecular complexity index is 628. The van der Waals surface area contributed by atoms with Crippen LogP contribution in [0.3, 0.4) is 0 Å². The number of aryl methyl sites for hydroxylation is 2. The van der Waals surface area contributed by atoms with Gasteiger partial charge in [0.25, 0.3) is 0 Å². The Morgan fingerprint density at radius 3 is 2.36 bits per heavy atom. The molecule has 0 bridgehead atoms. The van der Waals surface area contributed by atoms with Crippen molar-refractivity contribution in [1.29, 1.82) is 0 Å². The van der Waals surface area contributed by atoms with E-state index < -0.39 is 10.0 Å². The van der Waals surface area contributed by atoms with Crippen LogP contribution in [0.2, 0.25) is 0 Å². The lowest BCUT2D eigenvalue weighted by Crippen LogP contribution is -2.42. The number of carbonyl (C=O) groups excluding carboxylic acids is 1. The molecule has 6 nitrogen and oxygen atoms in total. The van der Waals surface area contributed by atoms with Gasteiger partial charge < -0.3 is 10.0 Å². The van der Waals surface area contributed by atoms with E-state index in [1.165, 1.54) is 11.9 Å². The molecule has 1 N–H and O–H groups in total.